The molecule has 0 aromatic rings. The van der Waals surface area contributed by atoms with Crippen molar-refractivity contribution < 1.29 is 9.47 Å². The number of hydrogen-bond donors (Lipinski definition) is 1. The smallest absolute Gasteiger partial charge is 0.0643 e. The molecule has 76 valence electrons. The van der Waals surface area contributed by atoms with E-state index in [0.29, 0.717) is 18.2 Å². The maximum Gasteiger partial charge on any atom is 0.0643 e. The summed E-state index contributed by atoms with van der Waals surface area (Å²) in [4.78, 5) is 0. The number of hydrogen-bond acceptors (Lipinski definition) is 3. The summed E-state index contributed by atoms with van der Waals surface area (Å²) in [6.45, 7) is 4.91. The Morgan fingerprint density at radius 2 is 2.15 bits per heavy atom. The molecule has 2 fully saturated rings. The minimum Gasteiger partial charge on any atom is -0.378 e. The third-order valence-corrected chi connectivity index (χ3v) is 2.93. The first-order valence-corrected chi connectivity index (χ1v) is 5.34. The Kier molecular flexibility index (Phi) is 3.19. The van der Waals surface area contributed by atoms with E-state index in [1.54, 1.807) is 0 Å². The van der Waals surface area contributed by atoms with Crippen molar-refractivity contribution in [2.75, 3.05) is 19.8 Å². The maximum absolute atomic E-state index is 5.62. The van der Waals surface area contributed by atoms with Crippen molar-refractivity contribution in [2.24, 2.45) is 0 Å². The third kappa shape index (κ3) is 2.42. The molecular formula is C10H19NO2. The van der Waals surface area contributed by atoms with Crippen LogP contribution >= 0.6 is 0 Å². The van der Waals surface area contributed by atoms with Gasteiger partial charge in [-0.05, 0) is 19.3 Å². The van der Waals surface area contributed by atoms with Crippen LogP contribution in [0.2, 0.25) is 0 Å². The Labute approximate surface area is 79.8 Å². The van der Waals surface area contributed by atoms with E-state index in [9.17, 15) is 0 Å². The van der Waals surface area contributed by atoms with Crippen molar-refractivity contribution >= 4 is 0 Å². The first kappa shape index (κ1) is 9.44. The Morgan fingerprint density at radius 1 is 1.31 bits per heavy atom. The van der Waals surface area contributed by atoms with Gasteiger partial charge in [-0.2, -0.15) is 0 Å². The topological polar surface area (TPSA) is 30.5 Å². The molecule has 0 spiro atoms. The molecule has 2 heterocycles. The molecule has 2 atom stereocenters. The molecule has 2 aliphatic rings. The van der Waals surface area contributed by atoms with Crippen LogP contribution in [0.4, 0.5) is 0 Å². The standard InChI is InChI=1S/C10H19NO2/c1-2-10-5-8(3-4-13-10)11-9-6-12-7-9/h8-11H,2-7H2,1H3. The molecule has 0 bridgehead atoms. The lowest BCUT2D eigenvalue weighted by Crippen LogP contribution is -2.52. The maximum atomic E-state index is 5.62. The van der Waals surface area contributed by atoms with Crippen LogP contribution in [0.15, 0.2) is 0 Å². The molecule has 2 rings (SSSR count). The van der Waals surface area contributed by atoms with Crippen molar-refractivity contribution in [3.63, 3.8) is 0 Å². The van der Waals surface area contributed by atoms with Gasteiger partial charge in [-0.25, -0.2) is 0 Å². The molecule has 0 saturated carbocycles. The third-order valence-electron chi connectivity index (χ3n) is 2.93. The van der Waals surface area contributed by atoms with Gasteiger partial charge in [0.1, 0.15) is 0 Å². The predicted octanol–water partition coefficient (Wildman–Crippen LogP) is 0.932. The van der Waals surface area contributed by atoms with Crippen LogP contribution < -0.4 is 5.32 Å². The Morgan fingerprint density at radius 3 is 2.77 bits per heavy atom. The molecule has 3 nitrogen and oxygen atoms in total. The lowest BCUT2D eigenvalue weighted by atomic mass is 10.0. The molecule has 0 aromatic carbocycles. The van der Waals surface area contributed by atoms with E-state index < -0.39 is 0 Å². The van der Waals surface area contributed by atoms with Gasteiger partial charge in [0.2, 0.25) is 0 Å². The Bertz CT molecular complexity index is 157. The van der Waals surface area contributed by atoms with Crippen LogP contribution in [0, 0.1) is 0 Å². The average molecular weight is 185 g/mol. The molecule has 2 unspecified atom stereocenters. The molecule has 3 heteroatoms. The summed E-state index contributed by atoms with van der Waals surface area (Å²) in [5, 5.41) is 3.61. The van der Waals surface area contributed by atoms with E-state index in [-0.39, 0.29) is 0 Å². The quantitative estimate of drug-likeness (QED) is 0.709. The van der Waals surface area contributed by atoms with E-state index in [1.165, 1.54) is 6.42 Å². The van der Waals surface area contributed by atoms with Gasteiger partial charge in [0, 0.05) is 12.6 Å². The molecule has 2 aliphatic heterocycles. The fraction of sp³-hybridized carbons (Fsp3) is 1.00. The van der Waals surface area contributed by atoms with Crippen LogP contribution in [-0.2, 0) is 9.47 Å². The average Bonchev–Trinajstić information content (AvgIpc) is 2.12. The lowest BCUT2D eigenvalue weighted by molar-refractivity contribution is -0.0359. The van der Waals surface area contributed by atoms with Gasteiger partial charge in [-0.1, -0.05) is 6.92 Å². The van der Waals surface area contributed by atoms with Gasteiger partial charge in [-0.15, -0.1) is 0 Å². The first-order chi connectivity index (χ1) is 6.38. The molecule has 0 aromatic heterocycles. The zero-order valence-corrected chi connectivity index (χ0v) is 8.29. The van der Waals surface area contributed by atoms with Gasteiger partial charge in [0.15, 0.2) is 0 Å². The zero-order valence-electron chi connectivity index (χ0n) is 8.29. The van der Waals surface area contributed by atoms with Crippen molar-refractivity contribution in [2.45, 2.75) is 44.4 Å². The van der Waals surface area contributed by atoms with Crippen LogP contribution in [0.1, 0.15) is 26.2 Å². The van der Waals surface area contributed by atoms with Crippen LogP contribution in [0.5, 0.6) is 0 Å². The number of ether oxygens (including phenoxy) is 2. The molecule has 0 amide bonds. The molecule has 2 saturated heterocycles. The highest BCUT2D eigenvalue weighted by atomic mass is 16.5. The fourth-order valence-corrected chi connectivity index (χ4v) is 1.98. The highest BCUT2D eigenvalue weighted by Gasteiger charge is 2.26. The van der Waals surface area contributed by atoms with Gasteiger partial charge in [0.05, 0.1) is 25.4 Å². The second-order valence-corrected chi connectivity index (χ2v) is 4.02. The fourth-order valence-electron chi connectivity index (χ4n) is 1.98. The minimum absolute atomic E-state index is 0.479. The summed E-state index contributed by atoms with van der Waals surface area (Å²) in [5.74, 6) is 0. The zero-order chi connectivity index (χ0) is 9.10. The second kappa shape index (κ2) is 4.40. The van der Waals surface area contributed by atoms with E-state index in [1.807, 2.05) is 0 Å². The van der Waals surface area contributed by atoms with Gasteiger partial charge in [0.25, 0.3) is 0 Å². The lowest BCUT2D eigenvalue weighted by Gasteiger charge is -2.35. The van der Waals surface area contributed by atoms with Crippen molar-refractivity contribution in [1.82, 2.24) is 5.32 Å². The van der Waals surface area contributed by atoms with E-state index >= 15 is 0 Å². The Balaban J connectivity index is 1.71. The number of rotatable bonds is 3. The monoisotopic (exact) mass is 185 g/mol. The summed E-state index contributed by atoms with van der Waals surface area (Å²) in [7, 11) is 0. The van der Waals surface area contributed by atoms with E-state index in [0.717, 1.165) is 32.7 Å². The van der Waals surface area contributed by atoms with Crippen molar-refractivity contribution in [1.29, 1.82) is 0 Å². The largest absolute Gasteiger partial charge is 0.378 e. The number of nitrogens with one attached hydrogen (secondary N) is 1. The first-order valence-electron chi connectivity index (χ1n) is 5.34. The Hall–Kier alpha value is -0.120. The highest BCUT2D eigenvalue weighted by molar-refractivity contribution is 4.82. The van der Waals surface area contributed by atoms with Crippen molar-refractivity contribution in [3.8, 4) is 0 Å². The van der Waals surface area contributed by atoms with Crippen LogP contribution in [0.3, 0.4) is 0 Å². The molecule has 13 heavy (non-hydrogen) atoms. The van der Waals surface area contributed by atoms with Gasteiger partial charge in [-0.3, -0.25) is 0 Å². The molecule has 1 N–H and O–H groups in total. The minimum atomic E-state index is 0.479. The highest BCUT2D eigenvalue weighted by Crippen LogP contribution is 2.17. The molecular weight excluding hydrogens is 166 g/mol. The predicted molar refractivity (Wildman–Crippen MR) is 50.8 cm³/mol. The summed E-state index contributed by atoms with van der Waals surface area (Å²) in [6.07, 6.45) is 3.95. The normalized spacial score (nSPS) is 35.8. The van der Waals surface area contributed by atoms with Crippen molar-refractivity contribution in [3.05, 3.63) is 0 Å². The summed E-state index contributed by atoms with van der Waals surface area (Å²) < 4.78 is 10.8. The van der Waals surface area contributed by atoms with Gasteiger partial charge < -0.3 is 14.8 Å². The van der Waals surface area contributed by atoms with E-state index in [4.69, 9.17) is 9.47 Å². The summed E-state index contributed by atoms with van der Waals surface area (Å²) in [6, 6.07) is 1.27. The van der Waals surface area contributed by atoms with Gasteiger partial charge >= 0.3 is 0 Å². The summed E-state index contributed by atoms with van der Waals surface area (Å²) in [5.41, 5.74) is 0. The van der Waals surface area contributed by atoms with Crippen LogP contribution in [-0.4, -0.2) is 38.0 Å². The summed E-state index contributed by atoms with van der Waals surface area (Å²) >= 11 is 0. The van der Waals surface area contributed by atoms with Crippen LogP contribution in [0.25, 0.3) is 0 Å². The second-order valence-electron chi connectivity index (χ2n) is 4.02. The van der Waals surface area contributed by atoms with E-state index in [2.05, 4.69) is 12.2 Å². The molecule has 0 aliphatic carbocycles. The molecule has 0 radical (unpaired) electrons. The SMILES string of the molecule is CCC1CC(NC2COC2)CCO1.